The highest BCUT2D eigenvalue weighted by Gasteiger charge is 2.19. The molecule has 0 spiro atoms. The fourth-order valence-corrected chi connectivity index (χ4v) is 3.81. The molecule has 0 saturated heterocycles. The molecule has 3 aromatic heterocycles. The van der Waals surface area contributed by atoms with Crippen molar-refractivity contribution in [3.05, 3.63) is 114 Å². The van der Waals surface area contributed by atoms with Crippen LogP contribution in [0.2, 0.25) is 0 Å². The maximum Gasteiger partial charge on any atom is 0.235 e. The number of hydrogen-bond acceptors (Lipinski definition) is 6. The minimum Gasteiger partial charge on any atom is -0.487 e. The number of carbonyl (C=O) groups excluding carboxylic acids is 1. The van der Waals surface area contributed by atoms with Gasteiger partial charge in [-0.15, -0.1) is 0 Å². The van der Waals surface area contributed by atoms with Crippen LogP contribution in [0.25, 0.3) is 10.9 Å². The van der Waals surface area contributed by atoms with Crippen LogP contribution in [0.15, 0.2) is 95.8 Å². The van der Waals surface area contributed by atoms with E-state index in [2.05, 4.69) is 15.1 Å². The second kappa shape index (κ2) is 10.2. The summed E-state index contributed by atoms with van der Waals surface area (Å²) in [6.45, 7) is 2.57. The molecule has 5 aromatic rings. The van der Waals surface area contributed by atoms with Crippen LogP contribution in [0.4, 0.5) is 5.69 Å². The lowest BCUT2D eigenvalue weighted by Crippen LogP contribution is -2.31. The Labute approximate surface area is 203 Å². The molecule has 7 heteroatoms. The van der Waals surface area contributed by atoms with Gasteiger partial charge in [-0.3, -0.25) is 9.78 Å². The molecule has 0 radical (unpaired) electrons. The van der Waals surface area contributed by atoms with Crippen LogP contribution >= 0.6 is 0 Å². The van der Waals surface area contributed by atoms with Gasteiger partial charge in [-0.2, -0.15) is 0 Å². The van der Waals surface area contributed by atoms with Gasteiger partial charge in [-0.05, 0) is 55.0 Å². The van der Waals surface area contributed by atoms with Gasteiger partial charge in [-0.1, -0.05) is 35.5 Å². The van der Waals surface area contributed by atoms with Crippen molar-refractivity contribution in [2.75, 3.05) is 4.90 Å². The van der Waals surface area contributed by atoms with Gasteiger partial charge in [-0.25, -0.2) is 4.98 Å². The topological polar surface area (TPSA) is 81.4 Å². The molecule has 0 bridgehead atoms. The molecule has 0 aliphatic heterocycles. The third-order valence-corrected chi connectivity index (χ3v) is 5.56. The van der Waals surface area contributed by atoms with Gasteiger partial charge in [0.2, 0.25) is 5.91 Å². The third-order valence-electron chi connectivity index (χ3n) is 5.56. The first-order chi connectivity index (χ1) is 17.1. The Kier molecular flexibility index (Phi) is 6.48. The van der Waals surface area contributed by atoms with Gasteiger partial charge in [0.25, 0.3) is 0 Å². The quantitative estimate of drug-likeness (QED) is 0.311. The van der Waals surface area contributed by atoms with Crippen molar-refractivity contribution >= 4 is 22.5 Å². The average Bonchev–Trinajstić information content (AvgIpc) is 3.31. The SMILES string of the molecule is Cc1cc(CC(=O)N(Cc2cccnc2)c2ccc(OCc3ccc4ccccc4n3)cc2)on1. The van der Waals surface area contributed by atoms with E-state index in [1.165, 1.54) is 0 Å². The van der Waals surface area contributed by atoms with Crippen LogP contribution in [-0.4, -0.2) is 21.0 Å². The van der Waals surface area contributed by atoms with Crippen molar-refractivity contribution in [1.29, 1.82) is 0 Å². The average molecular weight is 465 g/mol. The Morgan fingerprint density at radius 2 is 1.86 bits per heavy atom. The Balaban J connectivity index is 1.31. The number of para-hydroxylation sites is 1. The summed E-state index contributed by atoms with van der Waals surface area (Å²) in [5, 5.41) is 4.98. The lowest BCUT2D eigenvalue weighted by atomic mass is 10.2. The van der Waals surface area contributed by atoms with Crippen LogP contribution < -0.4 is 9.64 Å². The zero-order chi connectivity index (χ0) is 24.0. The number of anilines is 1. The normalized spacial score (nSPS) is 10.9. The number of fused-ring (bicyclic) bond motifs is 1. The second-order valence-electron chi connectivity index (χ2n) is 8.23. The summed E-state index contributed by atoms with van der Waals surface area (Å²) in [5.74, 6) is 1.13. The molecular formula is C28H24N4O3. The molecule has 5 rings (SSSR count). The van der Waals surface area contributed by atoms with E-state index in [1.54, 1.807) is 23.4 Å². The molecule has 1 amide bonds. The predicted octanol–water partition coefficient (Wildman–Crippen LogP) is 5.28. The number of benzene rings is 2. The van der Waals surface area contributed by atoms with Crippen LogP contribution in [0.3, 0.4) is 0 Å². The van der Waals surface area contributed by atoms with Crippen LogP contribution in [0, 0.1) is 6.92 Å². The number of ether oxygens (including phenoxy) is 1. The lowest BCUT2D eigenvalue weighted by molar-refractivity contribution is -0.118. The van der Waals surface area contributed by atoms with Crippen LogP contribution in [-0.2, 0) is 24.4 Å². The maximum atomic E-state index is 13.2. The van der Waals surface area contributed by atoms with Crippen LogP contribution in [0.5, 0.6) is 5.75 Å². The Morgan fingerprint density at radius 3 is 2.63 bits per heavy atom. The molecule has 0 aliphatic rings. The monoisotopic (exact) mass is 464 g/mol. The third kappa shape index (κ3) is 5.52. The first kappa shape index (κ1) is 22.3. The van der Waals surface area contributed by atoms with Crippen LogP contribution in [0.1, 0.15) is 22.7 Å². The van der Waals surface area contributed by atoms with Crippen molar-refractivity contribution in [3.63, 3.8) is 0 Å². The molecule has 174 valence electrons. The van der Waals surface area contributed by atoms with Crippen molar-refractivity contribution in [1.82, 2.24) is 15.1 Å². The smallest absolute Gasteiger partial charge is 0.235 e. The fourth-order valence-electron chi connectivity index (χ4n) is 3.81. The largest absolute Gasteiger partial charge is 0.487 e. The van der Waals surface area contributed by atoms with Gasteiger partial charge in [0, 0.05) is 29.5 Å². The Bertz CT molecular complexity index is 1430. The number of pyridine rings is 2. The van der Waals surface area contributed by atoms with E-state index in [9.17, 15) is 4.79 Å². The zero-order valence-electron chi connectivity index (χ0n) is 19.3. The Hall–Kier alpha value is -4.52. The summed E-state index contributed by atoms with van der Waals surface area (Å²) < 4.78 is 11.2. The van der Waals surface area contributed by atoms with E-state index in [0.29, 0.717) is 24.7 Å². The molecular weight excluding hydrogens is 440 g/mol. The molecule has 2 aromatic carbocycles. The molecule has 0 saturated carbocycles. The highest BCUT2D eigenvalue weighted by molar-refractivity contribution is 5.94. The van der Waals surface area contributed by atoms with E-state index in [0.717, 1.165) is 33.5 Å². The highest BCUT2D eigenvalue weighted by Crippen LogP contribution is 2.23. The number of aromatic nitrogens is 3. The lowest BCUT2D eigenvalue weighted by Gasteiger charge is -2.23. The standard InChI is InChI=1S/C28H24N4O3/c1-20-15-26(35-31-20)16-28(33)32(18-21-5-4-14-29-17-21)24-10-12-25(13-11-24)34-19-23-9-8-22-6-2-3-7-27(22)30-23/h2-15,17H,16,18-19H2,1H3. The zero-order valence-corrected chi connectivity index (χ0v) is 19.3. The van der Waals surface area contributed by atoms with E-state index in [-0.39, 0.29) is 12.3 Å². The van der Waals surface area contributed by atoms with Crippen molar-refractivity contribution in [2.45, 2.75) is 26.5 Å². The summed E-state index contributed by atoms with van der Waals surface area (Å²) in [6.07, 6.45) is 3.59. The first-order valence-electron chi connectivity index (χ1n) is 11.3. The van der Waals surface area contributed by atoms with Gasteiger partial charge >= 0.3 is 0 Å². The number of nitrogens with zero attached hydrogens (tertiary/aromatic N) is 4. The number of aryl methyl sites for hydroxylation is 1. The minimum absolute atomic E-state index is 0.0981. The van der Waals surface area contributed by atoms with E-state index in [1.807, 2.05) is 79.7 Å². The number of rotatable bonds is 8. The fraction of sp³-hybridized carbons (Fsp3) is 0.143. The highest BCUT2D eigenvalue weighted by atomic mass is 16.5. The van der Waals surface area contributed by atoms with Gasteiger partial charge in [0.15, 0.2) is 0 Å². The summed E-state index contributed by atoms with van der Waals surface area (Å²) in [4.78, 5) is 23.7. The molecule has 7 nitrogen and oxygen atoms in total. The predicted molar refractivity (Wildman–Crippen MR) is 133 cm³/mol. The summed E-state index contributed by atoms with van der Waals surface area (Å²) in [7, 11) is 0. The number of amides is 1. The van der Waals surface area contributed by atoms with Gasteiger partial charge < -0.3 is 14.2 Å². The first-order valence-corrected chi connectivity index (χ1v) is 11.3. The summed E-state index contributed by atoms with van der Waals surface area (Å²) >= 11 is 0. The number of carbonyl (C=O) groups is 1. The molecule has 0 N–H and O–H groups in total. The molecule has 0 unspecified atom stereocenters. The molecule has 0 atom stereocenters. The van der Waals surface area contributed by atoms with Crippen molar-refractivity contribution in [2.24, 2.45) is 0 Å². The molecule has 0 aliphatic carbocycles. The molecule has 35 heavy (non-hydrogen) atoms. The Morgan fingerprint density at radius 1 is 1.00 bits per heavy atom. The van der Waals surface area contributed by atoms with Gasteiger partial charge in [0.1, 0.15) is 18.1 Å². The van der Waals surface area contributed by atoms with Crippen molar-refractivity contribution in [3.8, 4) is 5.75 Å². The summed E-state index contributed by atoms with van der Waals surface area (Å²) in [6, 6.07) is 25.1. The minimum atomic E-state index is -0.0981. The summed E-state index contributed by atoms with van der Waals surface area (Å²) in [5.41, 5.74) is 4.22. The molecule has 0 fully saturated rings. The number of hydrogen-bond donors (Lipinski definition) is 0. The van der Waals surface area contributed by atoms with E-state index < -0.39 is 0 Å². The second-order valence-corrected chi connectivity index (χ2v) is 8.23. The van der Waals surface area contributed by atoms with Crippen molar-refractivity contribution < 1.29 is 14.1 Å². The van der Waals surface area contributed by atoms with Gasteiger partial charge in [0.05, 0.1) is 29.9 Å². The van der Waals surface area contributed by atoms with E-state index >= 15 is 0 Å². The van der Waals surface area contributed by atoms with E-state index in [4.69, 9.17) is 9.26 Å². The molecule has 3 heterocycles. The maximum absolute atomic E-state index is 13.2.